The summed E-state index contributed by atoms with van der Waals surface area (Å²) < 4.78 is 0. The molecule has 0 bridgehead atoms. The van der Waals surface area contributed by atoms with Crippen molar-refractivity contribution in [3.8, 4) is 0 Å². The normalized spacial score (nSPS) is 19.1. The van der Waals surface area contributed by atoms with E-state index < -0.39 is 0 Å². The van der Waals surface area contributed by atoms with E-state index >= 15 is 0 Å². The van der Waals surface area contributed by atoms with Crippen molar-refractivity contribution in [1.82, 2.24) is 5.32 Å². The van der Waals surface area contributed by atoms with Crippen molar-refractivity contribution in [2.45, 2.75) is 13.0 Å². The van der Waals surface area contributed by atoms with Crippen LogP contribution in [0.1, 0.15) is 17.2 Å². The van der Waals surface area contributed by atoms with Crippen LogP contribution in [0.3, 0.4) is 0 Å². The SMILES string of the molecule is Cc1cccc(Cl)c1N1CCNCC1c1ccccc1. The zero-order chi connectivity index (χ0) is 13.9. The van der Waals surface area contributed by atoms with Gasteiger partial charge in [-0.3, -0.25) is 0 Å². The van der Waals surface area contributed by atoms with Crippen LogP contribution < -0.4 is 10.2 Å². The number of aryl methyl sites for hydroxylation is 1. The Balaban J connectivity index is 2.01. The zero-order valence-corrected chi connectivity index (χ0v) is 12.4. The summed E-state index contributed by atoms with van der Waals surface area (Å²) in [6.45, 7) is 5.05. The molecule has 1 heterocycles. The van der Waals surface area contributed by atoms with Gasteiger partial charge < -0.3 is 10.2 Å². The molecule has 0 spiro atoms. The van der Waals surface area contributed by atoms with Crippen LogP contribution >= 0.6 is 11.6 Å². The predicted octanol–water partition coefficient (Wildman–Crippen LogP) is 3.80. The molecule has 1 aliphatic rings. The number of nitrogens with one attached hydrogen (secondary N) is 1. The first kappa shape index (κ1) is 13.5. The third-order valence-electron chi connectivity index (χ3n) is 3.90. The second kappa shape index (κ2) is 5.86. The number of hydrogen-bond donors (Lipinski definition) is 1. The lowest BCUT2D eigenvalue weighted by Gasteiger charge is -2.39. The van der Waals surface area contributed by atoms with E-state index in [1.807, 2.05) is 12.1 Å². The van der Waals surface area contributed by atoms with Crippen molar-refractivity contribution < 1.29 is 0 Å². The molecule has 1 unspecified atom stereocenters. The molecule has 2 nitrogen and oxygen atoms in total. The molecule has 2 aromatic rings. The van der Waals surface area contributed by atoms with E-state index in [4.69, 9.17) is 11.6 Å². The van der Waals surface area contributed by atoms with Gasteiger partial charge in [0, 0.05) is 19.6 Å². The van der Waals surface area contributed by atoms with Crippen LogP contribution in [0.2, 0.25) is 5.02 Å². The first-order chi connectivity index (χ1) is 9.77. The van der Waals surface area contributed by atoms with Crippen molar-refractivity contribution in [3.05, 3.63) is 64.7 Å². The molecular formula is C17H19ClN2. The van der Waals surface area contributed by atoms with Gasteiger partial charge in [-0.25, -0.2) is 0 Å². The number of hydrogen-bond acceptors (Lipinski definition) is 2. The predicted molar refractivity (Wildman–Crippen MR) is 85.6 cm³/mol. The molecular weight excluding hydrogens is 268 g/mol. The molecule has 2 aromatic carbocycles. The van der Waals surface area contributed by atoms with E-state index in [0.29, 0.717) is 6.04 Å². The van der Waals surface area contributed by atoms with Crippen LogP contribution in [-0.4, -0.2) is 19.6 Å². The standard InChI is InChI=1S/C17H19ClN2/c1-13-6-5-9-15(18)17(13)20-11-10-19-12-16(20)14-7-3-2-4-8-14/h2-9,16,19H,10-12H2,1H3. The highest BCUT2D eigenvalue weighted by molar-refractivity contribution is 6.33. The molecule has 0 radical (unpaired) electrons. The van der Waals surface area contributed by atoms with E-state index in [1.165, 1.54) is 16.8 Å². The Morgan fingerprint density at radius 1 is 1.10 bits per heavy atom. The summed E-state index contributed by atoms with van der Waals surface area (Å²) in [5, 5.41) is 4.33. The second-order valence-corrected chi connectivity index (χ2v) is 5.64. The largest absolute Gasteiger partial charge is 0.361 e. The number of anilines is 1. The second-order valence-electron chi connectivity index (χ2n) is 5.23. The van der Waals surface area contributed by atoms with Crippen LogP contribution in [0.4, 0.5) is 5.69 Å². The summed E-state index contributed by atoms with van der Waals surface area (Å²) in [7, 11) is 0. The maximum atomic E-state index is 6.45. The van der Waals surface area contributed by atoms with Gasteiger partial charge in [0.05, 0.1) is 16.8 Å². The quantitative estimate of drug-likeness (QED) is 0.903. The van der Waals surface area contributed by atoms with E-state index in [0.717, 1.165) is 24.7 Å². The summed E-state index contributed by atoms with van der Waals surface area (Å²) in [6, 6.07) is 17.1. The molecule has 1 aliphatic heterocycles. The Morgan fingerprint density at radius 3 is 2.65 bits per heavy atom. The lowest BCUT2D eigenvalue weighted by Crippen LogP contribution is -2.46. The molecule has 1 N–H and O–H groups in total. The molecule has 0 amide bonds. The zero-order valence-electron chi connectivity index (χ0n) is 11.6. The molecule has 0 aromatic heterocycles. The van der Waals surface area contributed by atoms with Gasteiger partial charge in [0.15, 0.2) is 0 Å². The summed E-state index contributed by atoms with van der Waals surface area (Å²) in [5.41, 5.74) is 3.74. The average Bonchev–Trinajstić information content (AvgIpc) is 2.48. The van der Waals surface area contributed by atoms with Gasteiger partial charge in [-0.05, 0) is 24.1 Å². The molecule has 3 heteroatoms. The molecule has 1 fully saturated rings. The van der Waals surface area contributed by atoms with Crippen molar-refractivity contribution in [1.29, 1.82) is 0 Å². The Labute approximate surface area is 125 Å². The van der Waals surface area contributed by atoms with Gasteiger partial charge in [-0.2, -0.15) is 0 Å². The van der Waals surface area contributed by atoms with Gasteiger partial charge in [0.25, 0.3) is 0 Å². The maximum absolute atomic E-state index is 6.45. The van der Waals surface area contributed by atoms with Crippen LogP contribution in [0.5, 0.6) is 0 Å². The minimum atomic E-state index is 0.337. The molecule has 1 atom stereocenters. The Kier molecular flexibility index (Phi) is 3.95. The molecule has 0 saturated carbocycles. The summed E-state index contributed by atoms with van der Waals surface area (Å²) in [4.78, 5) is 2.43. The van der Waals surface area contributed by atoms with Gasteiger partial charge >= 0.3 is 0 Å². The monoisotopic (exact) mass is 286 g/mol. The highest BCUT2D eigenvalue weighted by Crippen LogP contribution is 2.35. The molecule has 1 saturated heterocycles. The first-order valence-electron chi connectivity index (χ1n) is 7.05. The number of piperazine rings is 1. The number of halogens is 1. The van der Waals surface area contributed by atoms with Crippen molar-refractivity contribution in [3.63, 3.8) is 0 Å². The van der Waals surface area contributed by atoms with Crippen molar-refractivity contribution in [2.75, 3.05) is 24.5 Å². The minimum absolute atomic E-state index is 0.337. The van der Waals surface area contributed by atoms with Crippen LogP contribution in [0.15, 0.2) is 48.5 Å². The smallest absolute Gasteiger partial charge is 0.0668 e. The molecule has 20 heavy (non-hydrogen) atoms. The fraction of sp³-hybridized carbons (Fsp3) is 0.294. The molecule has 3 rings (SSSR count). The van der Waals surface area contributed by atoms with Crippen molar-refractivity contribution >= 4 is 17.3 Å². The lowest BCUT2D eigenvalue weighted by molar-refractivity contribution is 0.489. The van der Waals surface area contributed by atoms with E-state index in [-0.39, 0.29) is 0 Å². The van der Waals surface area contributed by atoms with E-state index in [9.17, 15) is 0 Å². The number of nitrogens with zero attached hydrogens (tertiary/aromatic N) is 1. The first-order valence-corrected chi connectivity index (χ1v) is 7.42. The third kappa shape index (κ3) is 2.54. The highest BCUT2D eigenvalue weighted by Gasteiger charge is 2.26. The summed E-state index contributed by atoms with van der Waals surface area (Å²) >= 11 is 6.45. The summed E-state index contributed by atoms with van der Waals surface area (Å²) in [5.74, 6) is 0. The van der Waals surface area contributed by atoms with Crippen LogP contribution in [-0.2, 0) is 0 Å². The number of rotatable bonds is 2. The fourth-order valence-corrected chi connectivity index (χ4v) is 3.26. The Hall–Kier alpha value is -1.51. The number of para-hydroxylation sites is 1. The maximum Gasteiger partial charge on any atom is 0.0668 e. The average molecular weight is 287 g/mol. The van der Waals surface area contributed by atoms with Crippen molar-refractivity contribution in [2.24, 2.45) is 0 Å². The topological polar surface area (TPSA) is 15.3 Å². The Morgan fingerprint density at radius 2 is 1.90 bits per heavy atom. The number of benzene rings is 2. The van der Waals surface area contributed by atoms with Gasteiger partial charge in [-0.1, -0.05) is 54.1 Å². The van der Waals surface area contributed by atoms with Gasteiger partial charge in [-0.15, -0.1) is 0 Å². The third-order valence-corrected chi connectivity index (χ3v) is 4.21. The van der Waals surface area contributed by atoms with E-state index in [1.54, 1.807) is 0 Å². The Bertz CT molecular complexity index is 563. The highest BCUT2D eigenvalue weighted by atomic mass is 35.5. The van der Waals surface area contributed by atoms with Gasteiger partial charge in [0.2, 0.25) is 0 Å². The van der Waals surface area contributed by atoms with E-state index in [2.05, 4.69) is 53.5 Å². The fourth-order valence-electron chi connectivity index (χ4n) is 2.93. The minimum Gasteiger partial charge on any atom is -0.361 e. The molecule has 104 valence electrons. The molecule has 0 aliphatic carbocycles. The van der Waals surface area contributed by atoms with Crippen LogP contribution in [0.25, 0.3) is 0 Å². The van der Waals surface area contributed by atoms with Crippen LogP contribution in [0, 0.1) is 6.92 Å². The van der Waals surface area contributed by atoms with Gasteiger partial charge in [0.1, 0.15) is 0 Å². The summed E-state index contributed by atoms with van der Waals surface area (Å²) in [6.07, 6.45) is 0. The lowest BCUT2D eigenvalue weighted by atomic mass is 10.0.